The first-order valence-corrected chi connectivity index (χ1v) is 3.62. The molecule has 7 nitrogen and oxygen atoms in total. The molecule has 0 unspecified atom stereocenters. The number of anilines is 1. The van der Waals surface area contributed by atoms with E-state index in [1.807, 2.05) is 0 Å². The number of nitro groups is 2. The third-order valence-corrected chi connectivity index (χ3v) is 1.77. The summed E-state index contributed by atoms with van der Waals surface area (Å²) < 4.78 is 0. The van der Waals surface area contributed by atoms with Gasteiger partial charge in [0.2, 0.25) is 0 Å². The lowest BCUT2D eigenvalue weighted by molar-refractivity contribution is -0.395. The lowest BCUT2D eigenvalue weighted by Crippen LogP contribution is -1.99. The minimum absolute atomic E-state index is 0.00833. The molecule has 0 aliphatic rings. The Hall–Kier alpha value is -2.18. The Kier molecular flexibility index (Phi) is 2.32. The maximum absolute atomic E-state index is 10.5. The van der Waals surface area contributed by atoms with E-state index >= 15 is 0 Å². The molecule has 0 saturated heterocycles. The molecule has 2 N–H and O–H groups in total. The van der Waals surface area contributed by atoms with Crippen LogP contribution in [0.1, 0.15) is 5.56 Å². The average molecular weight is 209 g/mol. The second-order valence-corrected chi connectivity index (χ2v) is 2.70. The molecule has 7 heteroatoms. The SMILES string of the molecule is C[14c]1[14c]([N+](=O)[O-])[14cH][14c](N)[14cH][14c]1[N+](=O)[O-]. The van der Waals surface area contributed by atoms with E-state index in [9.17, 15) is 20.2 Å². The molecule has 0 heterocycles. The van der Waals surface area contributed by atoms with Crippen LogP contribution in [0.25, 0.3) is 0 Å². The summed E-state index contributed by atoms with van der Waals surface area (Å²) in [5.41, 5.74) is 4.64. The van der Waals surface area contributed by atoms with Gasteiger partial charge in [-0.15, -0.1) is 0 Å². The molecule has 0 amide bonds. The Morgan fingerprint density at radius 1 is 1.14 bits per heavy atom. The lowest BCUT2D eigenvalue weighted by atomic mass is 11.5. The van der Waals surface area contributed by atoms with Crippen molar-refractivity contribution >= 4 is 17.1 Å². The first kappa shape index (κ1) is 9.90. The van der Waals surface area contributed by atoms with Gasteiger partial charge in [-0.3, -0.25) is 20.2 Å². The van der Waals surface area contributed by atoms with Crippen LogP contribution < -0.4 is 5.73 Å². The van der Waals surface area contributed by atoms with Gasteiger partial charge in [0.05, 0.1) is 9.85 Å². The molecule has 74 valence electrons. The van der Waals surface area contributed by atoms with Gasteiger partial charge in [0.25, 0.3) is 11.4 Å². The number of nitrogens with two attached hydrogens (primary N) is 1. The number of nitro benzene ring substituents is 2. The highest BCUT2D eigenvalue weighted by molar-refractivity contribution is 5.62. The lowest BCUT2D eigenvalue weighted by Gasteiger charge is -2.00. The Morgan fingerprint density at radius 2 is 1.50 bits per heavy atom. The van der Waals surface area contributed by atoms with Crippen molar-refractivity contribution in [3.05, 3.63) is 37.9 Å². The van der Waals surface area contributed by atoms with E-state index in [0.29, 0.717) is 0 Å². The van der Waals surface area contributed by atoms with Crippen molar-refractivity contribution in [3.8, 4) is 0 Å². The van der Waals surface area contributed by atoms with Crippen LogP contribution in [0.2, 0.25) is 0 Å². The zero-order chi connectivity index (χ0) is 10.9. The van der Waals surface area contributed by atoms with E-state index in [2.05, 4.69) is 0 Å². The standard InChI is InChI=1S/C7H7N3O4/c1-4-6(9(11)12)2-5(8)3-7(4)10(13)14/h2-3H,8H2,1H3/i2+2,3+2,4+2,5+2,6+2,7+2. The van der Waals surface area contributed by atoms with Gasteiger partial charge in [-0.05, 0) is 6.92 Å². The molecular formula is C7H7N3O4. The Morgan fingerprint density at radius 3 is 1.79 bits per heavy atom. The van der Waals surface area contributed by atoms with Crippen molar-refractivity contribution in [1.29, 1.82) is 0 Å². The van der Waals surface area contributed by atoms with E-state index in [0.717, 1.165) is 12.1 Å². The summed E-state index contributed by atoms with van der Waals surface area (Å²) >= 11 is 0. The fourth-order valence-electron chi connectivity index (χ4n) is 1.08. The zero-order valence-corrected chi connectivity index (χ0v) is 7.26. The molecule has 0 bridgehead atoms. The molecule has 1 aromatic carbocycles. The van der Waals surface area contributed by atoms with Crippen molar-refractivity contribution in [2.45, 2.75) is 6.92 Å². The number of rotatable bonds is 2. The molecule has 0 saturated carbocycles. The van der Waals surface area contributed by atoms with Crippen molar-refractivity contribution in [2.24, 2.45) is 0 Å². The highest BCUT2D eigenvalue weighted by atomic mass is 16.7. The topological polar surface area (TPSA) is 112 Å². The van der Waals surface area contributed by atoms with Crippen LogP contribution in [-0.2, 0) is 0 Å². The number of nitrogen functional groups attached to an aromatic ring is 1. The largest absolute Gasteiger partial charge is 0.398 e. The van der Waals surface area contributed by atoms with Gasteiger partial charge in [-0.1, -0.05) is 0 Å². The summed E-state index contributed by atoms with van der Waals surface area (Å²) in [6.45, 7) is 1.32. The van der Waals surface area contributed by atoms with Gasteiger partial charge in [-0.2, -0.15) is 0 Å². The summed E-state index contributed by atoms with van der Waals surface area (Å²) in [5.74, 6) is 0. The fraction of sp³-hybridized carbons (Fsp3) is 0.143. The van der Waals surface area contributed by atoms with Gasteiger partial charge in [-0.25, -0.2) is 0 Å². The maximum atomic E-state index is 10.5. The Balaban J connectivity index is 3.47. The minimum Gasteiger partial charge on any atom is -0.398 e. The smallest absolute Gasteiger partial charge is 0.281 e. The van der Waals surface area contributed by atoms with Crippen LogP contribution in [0.3, 0.4) is 0 Å². The molecule has 1 aromatic rings. The van der Waals surface area contributed by atoms with Gasteiger partial charge in [0.15, 0.2) is 0 Å². The average Bonchev–Trinajstić information content (AvgIpc) is 2.07. The van der Waals surface area contributed by atoms with E-state index in [4.69, 9.17) is 5.73 Å². The number of benzene rings is 1. The van der Waals surface area contributed by atoms with Crippen molar-refractivity contribution < 1.29 is 9.85 Å². The van der Waals surface area contributed by atoms with E-state index < -0.39 is 9.85 Å². The summed E-state index contributed by atoms with van der Waals surface area (Å²) in [7, 11) is 0. The summed E-state index contributed by atoms with van der Waals surface area (Å²) in [6.07, 6.45) is 0. The highest BCUT2D eigenvalue weighted by Gasteiger charge is 2.21. The third-order valence-electron chi connectivity index (χ3n) is 1.77. The Bertz CT molecular complexity index is 380. The van der Waals surface area contributed by atoms with Crippen molar-refractivity contribution in [3.63, 3.8) is 0 Å². The monoisotopic (exact) mass is 209 g/mol. The number of hydrogen-bond donors (Lipinski definition) is 1. The quantitative estimate of drug-likeness (QED) is 0.449. The molecule has 0 atom stereocenters. The zero-order valence-electron chi connectivity index (χ0n) is 7.26. The van der Waals surface area contributed by atoms with Gasteiger partial charge in [0.1, 0.15) is 5.56 Å². The molecule has 0 radical (unpaired) electrons. The summed E-state index contributed by atoms with van der Waals surface area (Å²) in [5, 5.41) is 21.0. The fourth-order valence-corrected chi connectivity index (χ4v) is 1.08. The van der Waals surface area contributed by atoms with E-state index in [1.54, 1.807) is 0 Å². The number of nitrogens with zero attached hydrogens (tertiary/aromatic N) is 2. The summed E-state index contributed by atoms with van der Waals surface area (Å²) in [4.78, 5) is 19.6. The molecule has 0 aliphatic heterocycles. The number of hydrogen-bond acceptors (Lipinski definition) is 5. The molecule has 0 aliphatic carbocycles. The summed E-state index contributed by atoms with van der Waals surface area (Å²) in [6, 6.07) is 2.20. The van der Waals surface area contributed by atoms with Crippen LogP contribution in [0.5, 0.6) is 0 Å². The molecule has 0 fully saturated rings. The first-order chi connectivity index (χ1) is 6.43. The molecular weight excluding hydrogens is 202 g/mol. The van der Waals surface area contributed by atoms with E-state index in [-0.39, 0.29) is 22.6 Å². The molecule has 0 aromatic heterocycles. The van der Waals surface area contributed by atoms with Gasteiger partial charge in [0, 0.05) is 17.8 Å². The Labute approximate surface area is 78.4 Å². The van der Waals surface area contributed by atoms with Crippen LogP contribution in [0, 0.1) is 27.2 Å². The molecule has 0 spiro atoms. The molecule has 14 heavy (non-hydrogen) atoms. The minimum atomic E-state index is -0.696. The van der Waals surface area contributed by atoms with Gasteiger partial charge < -0.3 is 5.73 Å². The predicted octanol–water partition coefficient (Wildman–Crippen LogP) is 1.39. The maximum Gasteiger partial charge on any atom is 0.281 e. The second kappa shape index (κ2) is 3.29. The van der Waals surface area contributed by atoms with Crippen molar-refractivity contribution in [1.82, 2.24) is 0 Å². The van der Waals surface area contributed by atoms with Crippen LogP contribution in [0.4, 0.5) is 17.1 Å². The van der Waals surface area contributed by atoms with E-state index in [1.165, 1.54) is 6.92 Å². The first-order valence-electron chi connectivity index (χ1n) is 3.62. The highest BCUT2D eigenvalue weighted by Crippen LogP contribution is 2.30. The van der Waals surface area contributed by atoms with Crippen LogP contribution >= 0.6 is 0 Å². The normalized spacial score (nSPS) is 9.79. The van der Waals surface area contributed by atoms with Crippen LogP contribution in [0.15, 0.2) is 12.1 Å². The molecule has 1 rings (SSSR count). The van der Waals surface area contributed by atoms with Gasteiger partial charge >= 0.3 is 0 Å². The second-order valence-electron chi connectivity index (χ2n) is 2.70. The third kappa shape index (κ3) is 1.60. The predicted molar refractivity (Wildman–Crippen MR) is 48.9 cm³/mol. The van der Waals surface area contributed by atoms with Crippen molar-refractivity contribution in [2.75, 3.05) is 5.73 Å². The van der Waals surface area contributed by atoms with Crippen LogP contribution in [-0.4, -0.2) is 9.85 Å².